The van der Waals surface area contributed by atoms with Gasteiger partial charge in [-0.05, 0) is 42.5 Å². The Morgan fingerprint density at radius 2 is 2.07 bits per heavy atom. The number of benzene rings is 1. The average Bonchev–Trinajstić information content (AvgIpc) is 2.96. The molecule has 1 aromatic rings. The van der Waals surface area contributed by atoms with Gasteiger partial charge in [0.05, 0.1) is 0 Å². The summed E-state index contributed by atoms with van der Waals surface area (Å²) in [7, 11) is 0. The van der Waals surface area contributed by atoms with Crippen LogP contribution in [0.25, 0.3) is 0 Å². The molecule has 0 spiro atoms. The van der Waals surface area contributed by atoms with Gasteiger partial charge in [-0.1, -0.05) is 26.0 Å². The van der Waals surface area contributed by atoms with Gasteiger partial charge in [-0.25, -0.2) is 0 Å². The molecule has 146 valence electrons. The summed E-state index contributed by atoms with van der Waals surface area (Å²) in [6, 6.07) is 5.29. The molecule has 1 aromatic carbocycles. The summed E-state index contributed by atoms with van der Waals surface area (Å²) in [6.45, 7) is 6.11. The van der Waals surface area contributed by atoms with Crippen molar-refractivity contribution in [2.45, 2.75) is 58.3 Å². The highest BCUT2D eigenvalue weighted by Crippen LogP contribution is 2.29. The van der Waals surface area contributed by atoms with Crippen molar-refractivity contribution in [3.8, 4) is 0 Å². The summed E-state index contributed by atoms with van der Waals surface area (Å²) in [4.78, 5) is 37.9. The fourth-order valence-electron chi connectivity index (χ4n) is 3.64. The summed E-state index contributed by atoms with van der Waals surface area (Å²) < 4.78 is 0. The van der Waals surface area contributed by atoms with Crippen LogP contribution < -0.4 is 16.4 Å². The Kier molecular flexibility index (Phi) is 5.92. The van der Waals surface area contributed by atoms with Gasteiger partial charge < -0.3 is 16.0 Å². The molecule has 0 bridgehead atoms. The number of hydrogen-bond donors (Lipinski definition) is 3. The lowest BCUT2D eigenvalue weighted by atomic mass is 10.0. The Morgan fingerprint density at radius 1 is 1.30 bits per heavy atom. The van der Waals surface area contributed by atoms with E-state index < -0.39 is 6.04 Å². The molecule has 4 N–H and O–H groups in total. The Labute approximate surface area is 159 Å². The zero-order valence-electron chi connectivity index (χ0n) is 16.0. The van der Waals surface area contributed by atoms with Gasteiger partial charge >= 0.3 is 0 Å². The van der Waals surface area contributed by atoms with Crippen LogP contribution in [-0.2, 0) is 22.7 Å². The maximum absolute atomic E-state index is 12.8. The summed E-state index contributed by atoms with van der Waals surface area (Å²) in [5, 5.41) is 5.74. The van der Waals surface area contributed by atoms with Crippen molar-refractivity contribution < 1.29 is 14.4 Å². The molecule has 2 atom stereocenters. The molecule has 7 heteroatoms. The largest absolute Gasteiger partial charge is 0.327 e. The molecule has 1 fully saturated rings. The highest BCUT2D eigenvalue weighted by molar-refractivity contribution is 6.05. The smallest absolute Gasteiger partial charge is 0.255 e. The summed E-state index contributed by atoms with van der Waals surface area (Å²) in [5.41, 5.74) is 8.75. The molecule has 3 amide bonds. The SMILES string of the molecule is CC(C)[C@H](N)CCNCc1cccc2c1CN(C1CCC(=O)NC1=O)C2=O. The third-order valence-corrected chi connectivity index (χ3v) is 5.51. The zero-order chi connectivity index (χ0) is 19.6. The number of carbonyl (C=O) groups excluding carboxylic acids is 3. The van der Waals surface area contributed by atoms with E-state index in [1.165, 1.54) is 0 Å². The Balaban J connectivity index is 1.65. The van der Waals surface area contributed by atoms with Gasteiger partial charge in [-0.2, -0.15) is 0 Å². The van der Waals surface area contributed by atoms with Crippen LogP contribution >= 0.6 is 0 Å². The van der Waals surface area contributed by atoms with Crippen LogP contribution in [0.15, 0.2) is 18.2 Å². The number of nitrogens with zero attached hydrogens (tertiary/aromatic N) is 1. The standard InChI is InChI=1S/C20H28N4O3/c1-12(2)16(21)8-9-22-10-13-4-3-5-14-15(13)11-24(20(14)27)17-6-7-18(25)23-19(17)26/h3-5,12,16-17,22H,6-11,21H2,1-2H3,(H,23,25,26)/t16-,17?/m1/s1. The number of nitrogens with one attached hydrogen (secondary N) is 2. The van der Waals surface area contributed by atoms with E-state index in [2.05, 4.69) is 24.5 Å². The molecule has 0 saturated carbocycles. The van der Waals surface area contributed by atoms with E-state index in [9.17, 15) is 14.4 Å². The van der Waals surface area contributed by atoms with Crippen LogP contribution in [0.1, 0.15) is 54.6 Å². The van der Waals surface area contributed by atoms with Crippen LogP contribution in [0.2, 0.25) is 0 Å². The maximum atomic E-state index is 12.8. The molecule has 3 rings (SSSR count). The molecule has 0 aliphatic carbocycles. The number of amides is 3. The van der Waals surface area contributed by atoms with Gasteiger partial charge in [0.15, 0.2) is 0 Å². The lowest BCUT2D eigenvalue weighted by Crippen LogP contribution is -2.52. The molecule has 27 heavy (non-hydrogen) atoms. The third-order valence-electron chi connectivity index (χ3n) is 5.51. The van der Waals surface area contributed by atoms with Gasteiger partial charge in [0, 0.05) is 31.1 Å². The van der Waals surface area contributed by atoms with Crippen molar-refractivity contribution in [2.24, 2.45) is 11.7 Å². The van der Waals surface area contributed by atoms with Crippen molar-refractivity contribution in [1.82, 2.24) is 15.5 Å². The number of hydrogen-bond acceptors (Lipinski definition) is 5. The van der Waals surface area contributed by atoms with E-state index in [4.69, 9.17) is 5.73 Å². The van der Waals surface area contributed by atoms with E-state index in [1.54, 1.807) is 4.90 Å². The molecule has 0 aromatic heterocycles. The summed E-state index contributed by atoms with van der Waals surface area (Å²) >= 11 is 0. The molecular weight excluding hydrogens is 344 g/mol. The molecule has 0 radical (unpaired) electrons. The van der Waals surface area contributed by atoms with E-state index in [0.717, 1.165) is 24.1 Å². The number of fused-ring (bicyclic) bond motifs is 1. The van der Waals surface area contributed by atoms with Crippen LogP contribution in [0, 0.1) is 5.92 Å². The fraction of sp³-hybridized carbons (Fsp3) is 0.550. The number of nitrogens with two attached hydrogens (primary N) is 1. The minimum Gasteiger partial charge on any atom is -0.327 e. The topological polar surface area (TPSA) is 105 Å². The minimum atomic E-state index is -0.576. The lowest BCUT2D eigenvalue weighted by molar-refractivity contribution is -0.136. The Bertz CT molecular complexity index is 747. The quantitative estimate of drug-likeness (QED) is 0.487. The summed E-state index contributed by atoms with van der Waals surface area (Å²) in [6.07, 6.45) is 1.54. The van der Waals surface area contributed by atoms with Crippen molar-refractivity contribution in [1.29, 1.82) is 0 Å². The molecule has 2 aliphatic rings. The van der Waals surface area contributed by atoms with E-state index in [0.29, 0.717) is 31.0 Å². The second kappa shape index (κ2) is 8.19. The van der Waals surface area contributed by atoms with Crippen LogP contribution in [0.4, 0.5) is 0 Å². The van der Waals surface area contributed by atoms with Gasteiger partial charge in [0.1, 0.15) is 6.04 Å². The number of piperidine rings is 1. The van der Waals surface area contributed by atoms with Gasteiger partial charge in [0.2, 0.25) is 11.8 Å². The van der Waals surface area contributed by atoms with Crippen molar-refractivity contribution in [3.05, 3.63) is 34.9 Å². The third kappa shape index (κ3) is 4.20. The van der Waals surface area contributed by atoms with Crippen molar-refractivity contribution >= 4 is 17.7 Å². The summed E-state index contributed by atoms with van der Waals surface area (Å²) in [5.74, 6) is -0.338. The van der Waals surface area contributed by atoms with E-state index >= 15 is 0 Å². The normalized spacial score (nSPS) is 20.8. The fourth-order valence-corrected chi connectivity index (χ4v) is 3.64. The molecule has 2 heterocycles. The first-order valence-corrected chi connectivity index (χ1v) is 9.60. The second-order valence-electron chi connectivity index (χ2n) is 7.72. The predicted octanol–water partition coefficient (Wildman–Crippen LogP) is 0.911. The first-order chi connectivity index (χ1) is 12.9. The molecule has 2 aliphatic heterocycles. The van der Waals surface area contributed by atoms with Gasteiger partial charge in [-0.3, -0.25) is 19.7 Å². The van der Waals surface area contributed by atoms with Crippen LogP contribution in [-0.4, -0.2) is 41.2 Å². The van der Waals surface area contributed by atoms with Gasteiger partial charge in [0.25, 0.3) is 5.91 Å². The number of imide groups is 1. The van der Waals surface area contributed by atoms with E-state index in [-0.39, 0.29) is 30.2 Å². The molecule has 7 nitrogen and oxygen atoms in total. The zero-order valence-corrected chi connectivity index (χ0v) is 16.0. The maximum Gasteiger partial charge on any atom is 0.255 e. The highest BCUT2D eigenvalue weighted by Gasteiger charge is 2.39. The first kappa shape index (κ1) is 19.5. The molecule has 1 saturated heterocycles. The molecule has 1 unspecified atom stereocenters. The predicted molar refractivity (Wildman–Crippen MR) is 102 cm³/mol. The monoisotopic (exact) mass is 372 g/mol. The highest BCUT2D eigenvalue weighted by atomic mass is 16.2. The number of carbonyl (C=O) groups is 3. The average molecular weight is 372 g/mol. The van der Waals surface area contributed by atoms with Crippen LogP contribution in [0.5, 0.6) is 0 Å². The van der Waals surface area contributed by atoms with E-state index in [1.807, 2.05) is 18.2 Å². The Hall–Kier alpha value is -2.25. The first-order valence-electron chi connectivity index (χ1n) is 9.60. The molecular formula is C20H28N4O3. The lowest BCUT2D eigenvalue weighted by Gasteiger charge is -2.29. The minimum absolute atomic E-state index is 0.136. The van der Waals surface area contributed by atoms with Crippen LogP contribution in [0.3, 0.4) is 0 Å². The second-order valence-corrected chi connectivity index (χ2v) is 7.72. The Morgan fingerprint density at radius 3 is 2.78 bits per heavy atom. The number of rotatable bonds is 7. The van der Waals surface area contributed by atoms with Gasteiger partial charge in [-0.15, -0.1) is 0 Å². The van der Waals surface area contributed by atoms with Crippen molar-refractivity contribution in [3.63, 3.8) is 0 Å². The van der Waals surface area contributed by atoms with Crippen molar-refractivity contribution in [2.75, 3.05) is 6.54 Å².